The molecule has 2 N–H and O–H groups in total. The maximum absolute atomic E-state index is 11.3. The number of nitrogens with zero attached hydrogens (tertiary/aromatic N) is 3. The molecule has 0 aliphatic carbocycles. The second-order valence-electron chi connectivity index (χ2n) is 4.43. The molecule has 0 fully saturated rings. The van der Waals surface area contributed by atoms with Gasteiger partial charge in [-0.15, -0.1) is 0 Å². The molecule has 7 nitrogen and oxygen atoms in total. The zero-order valence-electron chi connectivity index (χ0n) is 11.2. The lowest BCUT2D eigenvalue weighted by atomic mass is 10.0. The molecular formula is C13H12ClN5O2. The molecule has 0 unspecified atom stereocenters. The third kappa shape index (κ3) is 3.03. The summed E-state index contributed by atoms with van der Waals surface area (Å²) >= 11 is 5.80. The molecule has 21 heavy (non-hydrogen) atoms. The van der Waals surface area contributed by atoms with Crippen LogP contribution in [0.25, 0.3) is 0 Å². The minimum atomic E-state index is 0.0269. The molecule has 2 heterocycles. The highest BCUT2D eigenvalue weighted by atomic mass is 35.5. The van der Waals surface area contributed by atoms with E-state index in [-0.39, 0.29) is 17.2 Å². The summed E-state index contributed by atoms with van der Waals surface area (Å²) in [5.74, 6) is 0.934. The Morgan fingerprint density at radius 1 is 1.29 bits per heavy atom. The van der Waals surface area contributed by atoms with Gasteiger partial charge in [0.2, 0.25) is 17.1 Å². The highest BCUT2D eigenvalue weighted by Gasteiger charge is 2.15. The number of carbonyl (C=O) groups excluding carboxylic acids is 1. The quantitative estimate of drug-likeness (QED) is 0.904. The van der Waals surface area contributed by atoms with Gasteiger partial charge in [0.25, 0.3) is 0 Å². The van der Waals surface area contributed by atoms with Crippen LogP contribution in [0, 0.1) is 0 Å². The van der Waals surface area contributed by atoms with Crippen molar-refractivity contribution in [2.24, 2.45) is 0 Å². The number of ether oxygens (including phenoxy) is 1. The van der Waals surface area contributed by atoms with Gasteiger partial charge < -0.3 is 15.4 Å². The number of anilines is 2. The number of rotatable bonds is 3. The third-order valence-electron chi connectivity index (χ3n) is 2.99. The van der Waals surface area contributed by atoms with Crippen molar-refractivity contribution in [1.29, 1.82) is 0 Å². The molecule has 1 aromatic carbocycles. The van der Waals surface area contributed by atoms with Crippen LogP contribution < -0.4 is 15.4 Å². The lowest BCUT2D eigenvalue weighted by molar-refractivity contribution is -0.116. The van der Waals surface area contributed by atoms with E-state index in [4.69, 9.17) is 16.3 Å². The SMILES string of the molecule is CNc1nc(Cl)nc(Oc2ccc3c(c2)CCC(=O)N3)n1. The van der Waals surface area contributed by atoms with Gasteiger partial charge in [0.15, 0.2) is 0 Å². The lowest BCUT2D eigenvalue weighted by Crippen LogP contribution is -2.18. The molecule has 0 saturated heterocycles. The largest absolute Gasteiger partial charge is 0.424 e. The van der Waals surface area contributed by atoms with Gasteiger partial charge in [-0.1, -0.05) is 0 Å². The fourth-order valence-electron chi connectivity index (χ4n) is 2.02. The van der Waals surface area contributed by atoms with Crippen LogP contribution in [-0.4, -0.2) is 27.9 Å². The van der Waals surface area contributed by atoms with E-state index in [1.807, 2.05) is 6.07 Å². The van der Waals surface area contributed by atoms with E-state index in [9.17, 15) is 4.79 Å². The Bertz CT molecular complexity index is 707. The van der Waals surface area contributed by atoms with Gasteiger partial charge in [-0.2, -0.15) is 15.0 Å². The number of fused-ring (bicyclic) bond motifs is 1. The van der Waals surface area contributed by atoms with Crippen molar-refractivity contribution in [3.63, 3.8) is 0 Å². The second kappa shape index (κ2) is 5.53. The molecule has 1 aromatic heterocycles. The van der Waals surface area contributed by atoms with Crippen molar-refractivity contribution in [2.45, 2.75) is 12.8 Å². The Morgan fingerprint density at radius 2 is 2.14 bits per heavy atom. The first-order chi connectivity index (χ1) is 10.1. The molecule has 3 rings (SSSR count). The smallest absolute Gasteiger partial charge is 0.328 e. The summed E-state index contributed by atoms with van der Waals surface area (Å²) in [4.78, 5) is 23.2. The van der Waals surface area contributed by atoms with Crippen molar-refractivity contribution < 1.29 is 9.53 Å². The number of hydrogen-bond donors (Lipinski definition) is 2. The zero-order valence-corrected chi connectivity index (χ0v) is 11.9. The molecule has 1 aliphatic heterocycles. The number of aryl methyl sites for hydroxylation is 1. The Balaban J connectivity index is 1.85. The Labute approximate surface area is 125 Å². The number of halogens is 1. The number of carbonyl (C=O) groups is 1. The molecule has 0 radical (unpaired) electrons. The normalized spacial score (nSPS) is 13.3. The van der Waals surface area contributed by atoms with Crippen LogP contribution in [0.5, 0.6) is 11.8 Å². The predicted molar refractivity (Wildman–Crippen MR) is 77.9 cm³/mol. The summed E-state index contributed by atoms with van der Waals surface area (Å²) in [6.07, 6.45) is 1.15. The minimum absolute atomic E-state index is 0.0269. The number of benzene rings is 1. The highest BCUT2D eigenvalue weighted by Crippen LogP contribution is 2.28. The number of amides is 1. The molecule has 0 spiro atoms. The summed E-state index contributed by atoms with van der Waals surface area (Å²) in [6.45, 7) is 0. The molecule has 1 amide bonds. The van der Waals surface area contributed by atoms with E-state index in [0.717, 1.165) is 11.3 Å². The van der Waals surface area contributed by atoms with Crippen LogP contribution in [0.2, 0.25) is 5.28 Å². The van der Waals surface area contributed by atoms with Gasteiger partial charge >= 0.3 is 6.01 Å². The Kier molecular flexibility index (Phi) is 3.57. The molecule has 2 aromatic rings. The fraction of sp³-hybridized carbons (Fsp3) is 0.231. The first-order valence-electron chi connectivity index (χ1n) is 6.34. The predicted octanol–water partition coefficient (Wildman–Crippen LogP) is 2.24. The van der Waals surface area contributed by atoms with Crippen molar-refractivity contribution >= 4 is 29.1 Å². The number of nitrogens with one attached hydrogen (secondary N) is 2. The topological polar surface area (TPSA) is 89.0 Å². The van der Waals surface area contributed by atoms with Gasteiger partial charge in [0.05, 0.1) is 0 Å². The van der Waals surface area contributed by atoms with Crippen LogP contribution in [0.15, 0.2) is 18.2 Å². The van der Waals surface area contributed by atoms with Gasteiger partial charge in [-0.3, -0.25) is 4.79 Å². The fourth-order valence-corrected chi connectivity index (χ4v) is 2.17. The maximum atomic E-state index is 11.3. The van der Waals surface area contributed by atoms with Gasteiger partial charge in [0.1, 0.15) is 5.75 Å². The minimum Gasteiger partial charge on any atom is -0.424 e. The molecule has 0 atom stereocenters. The average molecular weight is 306 g/mol. The number of aromatic nitrogens is 3. The second-order valence-corrected chi connectivity index (χ2v) is 4.77. The molecule has 8 heteroatoms. The van der Waals surface area contributed by atoms with E-state index in [1.54, 1.807) is 19.2 Å². The highest BCUT2D eigenvalue weighted by molar-refractivity contribution is 6.28. The van der Waals surface area contributed by atoms with Crippen LogP contribution in [0.4, 0.5) is 11.6 Å². The average Bonchev–Trinajstić information content (AvgIpc) is 2.47. The van der Waals surface area contributed by atoms with E-state index < -0.39 is 0 Å². The number of hydrogen-bond acceptors (Lipinski definition) is 6. The summed E-state index contributed by atoms with van der Waals surface area (Å²) in [5, 5.41) is 5.64. The summed E-state index contributed by atoms with van der Waals surface area (Å²) < 4.78 is 5.60. The van der Waals surface area contributed by atoms with E-state index in [2.05, 4.69) is 25.6 Å². The zero-order chi connectivity index (χ0) is 14.8. The van der Waals surface area contributed by atoms with Crippen LogP contribution in [0.3, 0.4) is 0 Å². The maximum Gasteiger partial charge on any atom is 0.328 e. The first kappa shape index (κ1) is 13.6. The van der Waals surface area contributed by atoms with E-state index in [1.165, 1.54) is 0 Å². The Hall–Kier alpha value is -2.41. The van der Waals surface area contributed by atoms with Gasteiger partial charge in [-0.05, 0) is 41.8 Å². The third-order valence-corrected chi connectivity index (χ3v) is 3.16. The molecule has 0 saturated carbocycles. The monoisotopic (exact) mass is 305 g/mol. The first-order valence-corrected chi connectivity index (χ1v) is 6.72. The lowest BCUT2D eigenvalue weighted by Gasteiger charge is -2.17. The van der Waals surface area contributed by atoms with Crippen molar-refractivity contribution in [3.05, 3.63) is 29.0 Å². The summed E-state index contributed by atoms with van der Waals surface area (Å²) in [5.41, 5.74) is 1.82. The van der Waals surface area contributed by atoms with E-state index in [0.29, 0.717) is 24.5 Å². The van der Waals surface area contributed by atoms with Gasteiger partial charge in [-0.25, -0.2) is 0 Å². The van der Waals surface area contributed by atoms with E-state index >= 15 is 0 Å². The van der Waals surface area contributed by atoms with Crippen molar-refractivity contribution in [3.8, 4) is 11.8 Å². The standard InChI is InChI=1S/C13H12ClN5O2/c1-15-12-17-11(14)18-13(19-12)21-8-3-4-9-7(6-8)2-5-10(20)16-9/h3-4,6H,2,5H2,1H3,(H,16,20)(H,15,17,18,19). The molecule has 1 aliphatic rings. The molecule has 108 valence electrons. The van der Waals surface area contributed by atoms with Crippen LogP contribution in [0.1, 0.15) is 12.0 Å². The summed E-state index contributed by atoms with van der Waals surface area (Å²) in [7, 11) is 1.68. The van der Waals surface area contributed by atoms with Crippen molar-refractivity contribution in [2.75, 3.05) is 17.7 Å². The molecule has 0 bridgehead atoms. The van der Waals surface area contributed by atoms with Crippen molar-refractivity contribution in [1.82, 2.24) is 15.0 Å². The summed E-state index contributed by atoms with van der Waals surface area (Å²) in [6, 6.07) is 5.50. The Morgan fingerprint density at radius 3 is 2.95 bits per heavy atom. The van der Waals surface area contributed by atoms with Crippen LogP contribution in [-0.2, 0) is 11.2 Å². The van der Waals surface area contributed by atoms with Gasteiger partial charge in [0, 0.05) is 19.2 Å². The molecular weight excluding hydrogens is 294 g/mol. The van der Waals surface area contributed by atoms with Crippen LogP contribution >= 0.6 is 11.6 Å².